The average Bonchev–Trinajstić information content (AvgIpc) is 2.79. The van der Waals surface area contributed by atoms with Gasteiger partial charge in [0.1, 0.15) is 24.0 Å². The van der Waals surface area contributed by atoms with Crippen molar-refractivity contribution in [3.05, 3.63) is 79.8 Å². The van der Waals surface area contributed by atoms with E-state index in [1.54, 1.807) is 12.1 Å². The van der Waals surface area contributed by atoms with Crippen LogP contribution < -0.4 is 15.2 Å². The first-order valence-electron chi connectivity index (χ1n) is 10.6. The maximum absolute atomic E-state index is 12.8. The molecule has 2 aromatic carbocycles. The number of nitriles is 1. The van der Waals surface area contributed by atoms with Gasteiger partial charge < -0.3 is 19.9 Å². The number of ketones is 1. The summed E-state index contributed by atoms with van der Waals surface area (Å²) in [6.45, 7) is 2.53. The lowest BCUT2D eigenvalue weighted by atomic mass is 9.77. The molecule has 0 bridgehead atoms. The monoisotopic (exact) mass is 528 g/mol. The van der Waals surface area contributed by atoms with Crippen LogP contribution in [0, 0.1) is 11.3 Å². The number of benzene rings is 2. The fourth-order valence-corrected chi connectivity index (χ4v) is 4.88. The van der Waals surface area contributed by atoms with E-state index in [0.717, 1.165) is 5.56 Å². The number of hydrogen-bond acceptors (Lipinski definition) is 6. The molecule has 4 rings (SSSR count). The predicted molar refractivity (Wildman–Crippen MR) is 128 cm³/mol. The summed E-state index contributed by atoms with van der Waals surface area (Å²) in [5.41, 5.74) is 8.31. The summed E-state index contributed by atoms with van der Waals surface area (Å²) in [4.78, 5) is 12.8. The SMILES string of the molecule is CCOc1cc(C2C(C#N)=C(N)OC3=C2C(=O)CCC3)cc(Br)c1OCc1ccccc1Cl. The first kappa shape index (κ1) is 23.2. The Labute approximate surface area is 205 Å². The van der Waals surface area contributed by atoms with Crippen LogP contribution >= 0.6 is 27.5 Å². The smallest absolute Gasteiger partial charge is 0.205 e. The normalized spacial score (nSPS) is 17.9. The van der Waals surface area contributed by atoms with Gasteiger partial charge in [0.05, 0.1) is 17.0 Å². The van der Waals surface area contributed by atoms with E-state index >= 15 is 0 Å². The molecule has 2 N–H and O–H groups in total. The zero-order valence-electron chi connectivity index (χ0n) is 18.0. The van der Waals surface area contributed by atoms with E-state index in [1.807, 2.05) is 31.2 Å². The van der Waals surface area contributed by atoms with Crippen molar-refractivity contribution in [1.29, 1.82) is 5.26 Å². The highest BCUT2D eigenvalue weighted by molar-refractivity contribution is 9.10. The molecule has 0 fully saturated rings. The van der Waals surface area contributed by atoms with Crippen LogP contribution in [0.1, 0.15) is 43.2 Å². The van der Waals surface area contributed by atoms with Crippen LogP contribution in [0.2, 0.25) is 5.02 Å². The van der Waals surface area contributed by atoms with E-state index in [0.29, 0.717) is 63.8 Å². The fraction of sp³-hybridized carbons (Fsp3) is 0.280. The Morgan fingerprint density at radius 3 is 2.79 bits per heavy atom. The Kier molecular flexibility index (Phi) is 6.96. The second-order valence-corrected chi connectivity index (χ2v) is 8.94. The number of nitrogens with zero attached hydrogens (tertiary/aromatic N) is 1. The number of carbonyl (C=O) groups excluding carboxylic acids is 1. The van der Waals surface area contributed by atoms with Crippen molar-refractivity contribution in [3.8, 4) is 17.6 Å². The van der Waals surface area contributed by atoms with Crippen LogP contribution in [-0.2, 0) is 16.1 Å². The summed E-state index contributed by atoms with van der Waals surface area (Å²) in [6.07, 6.45) is 1.72. The number of rotatable bonds is 6. The minimum absolute atomic E-state index is 0.0316. The maximum atomic E-state index is 12.8. The molecule has 0 spiro atoms. The fourth-order valence-electron chi connectivity index (χ4n) is 4.11. The number of Topliss-reactive ketones (excluding diaryl/α,β-unsaturated/α-hetero) is 1. The van der Waals surface area contributed by atoms with Gasteiger partial charge in [-0.05, 0) is 53.0 Å². The lowest BCUT2D eigenvalue weighted by Gasteiger charge is -2.31. The number of hydrogen-bond donors (Lipinski definition) is 1. The third-order valence-electron chi connectivity index (χ3n) is 5.60. The second kappa shape index (κ2) is 9.90. The molecule has 33 heavy (non-hydrogen) atoms. The molecule has 2 aliphatic rings. The maximum Gasteiger partial charge on any atom is 0.205 e. The lowest BCUT2D eigenvalue weighted by Crippen LogP contribution is -2.27. The van der Waals surface area contributed by atoms with Gasteiger partial charge in [0.15, 0.2) is 17.3 Å². The summed E-state index contributed by atoms with van der Waals surface area (Å²) in [7, 11) is 0. The van der Waals surface area contributed by atoms with E-state index in [9.17, 15) is 10.1 Å². The van der Waals surface area contributed by atoms with Gasteiger partial charge in [-0.3, -0.25) is 4.79 Å². The van der Waals surface area contributed by atoms with Crippen molar-refractivity contribution >= 4 is 33.3 Å². The molecular formula is C25H22BrClN2O4. The van der Waals surface area contributed by atoms with Crippen molar-refractivity contribution in [2.24, 2.45) is 5.73 Å². The molecule has 0 saturated heterocycles. The molecule has 1 atom stereocenters. The van der Waals surface area contributed by atoms with Gasteiger partial charge in [-0.2, -0.15) is 5.26 Å². The molecule has 1 unspecified atom stereocenters. The summed E-state index contributed by atoms with van der Waals surface area (Å²) in [5.74, 6) is 0.910. The van der Waals surface area contributed by atoms with Crippen molar-refractivity contribution in [1.82, 2.24) is 0 Å². The number of ether oxygens (including phenoxy) is 3. The summed E-state index contributed by atoms with van der Waals surface area (Å²) in [5, 5.41) is 10.4. The van der Waals surface area contributed by atoms with Gasteiger partial charge >= 0.3 is 0 Å². The zero-order valence-corrected chi connectivity index (χ0v) is 20.3. The van der Waals surface area contributed by atoms with Gasteiger partial charge in [-0.15, -0.1) is 0 Å². The first-order valence-corrected chi connectivity index (χ1v) is 11.8. The van der Waals surface area contributed by atoms with Crippen LogP contribution in [0.15, 0.2) is 63.7 Å². The molecule has 1 aliphatic heterocycles. The van der Waals surface area contributed by atoms with Gasteiger partial charge in [0.25, 0.3) is 0 Å². The average molecular weight is 530 g/mol. The number of halogens is 2. The third kappa shape index (κ3) is 4.59. The lowest BCUT2D eigenvalue weighted by molar-refractivity contribution is -0.116. The Morgan fingerprint density at radius 2 is 2.06 bits per heavy atom. The predicted octanol–water partition coefficient (Wildman–Crippen LogP) is 5.89. The standard InChI is InChI=1S/C25H22BrClN2O4/c1-2-31-21-11-15(10-17(26)24(21)32-13-14-6-3-4-7-18(14)27)22-16(12-28)25(29)33-20-9-5-8-19(30)23(20)22/h3-4,6-7,10-11,22H,2,5,8-9,13,29H2,1H3. The van der Waals surface area contributed by atoms with Gasteiger partial charge in [-0.25, -0.2) is 0 Å². The van der Waals surface area contributed by atoms with Crippen LogP contribution in [0.5, 0.6) is 11.5 Å². The van der Waals surface area contributed by atoms with E-state index in [4.69, 9.17) is 31.5 Å². The third-order valence-corrected chi connectivity index (χ3v) is 6.56. The molecule has 2 aromatic rings. The summed E-state index contributed by atoms with van der Waals surface area (Å²) >= 11 is 9.85. The number of nitrogens with two attached hydrogens (primary N) is 1. The highest BCUT2D eigenvalue weighted by atomic mass is 79.9. The van der Waals surface area contributed by atoms with Gasteiger partial charge in [-0.1, -0.05) is 29.8 Å². The molecule has 170 valence electrons. The molecule has 6 nitrogen and oxygen atoms in total. The quantitative estimate of drug-likeness (QED) is 0.501. The first-order chi connectivity index (χ1) is 15.9. The van der Waals surface area contributed by atoms with Crippen molar-refractivity contribution in [2.45, 2.75) is 38.7 Å². The second-order valence-electron chi connectivity index (χ2n) is 7.68. The number of carbonyl (C=O) groups is 1. The number of allylic oxidation sites excluding steroid dienone is 3. The largest absolute Gasteiger partial charge is 0.490 e. The Morgan fingerprint density at radius 1 is 1.27 bits per heavy atom. The van der Waals surface area contributed by atoms with Gasteiger partial charge in [0, 0.05) is 29.0 Å². The van der Waals surface area contributed by atoms with Crippen LogP contribution in [0.4, 0.5) is 0 Å². The molecule has 0 aromatic heterocycles. The molecule has 1 heterocycles. The van der Waals surface area contributed by atoms with Crippen molar-refractivity contribution in [3.63, 3.8) is 0 Å². The molecule has 0 radical (unpaired) electrons. The molecule has 1 aliphatic carbocycles. The van der Waals surface area contributed by atoms with Crippen molar-refractivity contribution < 1.29 is 19.0 Å². The summed E-state index contributed by atoms with van der Waals surface area (Å²) in [6, 6.07) is 13.2. The van der Waals surface area contributed by atoms with E-state index in [2.05, 4.69) is 22.0 Å². The highest BCUT2D eigenvalue weighted by Crippen LogP contribution is 2.47. The van der Waals surface area contributed by atoms with Gasteiger partial charge in [0.2, 0.25) is 5.88 Å². The summed E-state index contributed by atoms with van der Waals surface area (Å²) < 4.78 is 18.2. The highest BCUT2D eigenvalue weighted by Gasteiger charge is 2.38. The molecule has 0 saturated carbocycles. The van der Waals surface area contributed by atoms with Crippen molar-refractivity contribution in [2.75, 3.05) is 6.61 Å². The van der Waals surface area contributed by atoms with Crippen LogP contribution in [0.3, 0.4) is 0 Å². The minimum atomic E-state index is -0.625. The van der Waals surface area contributed by atoms with E-state index in [-0.39, 0.29) is 23.8 Å². The van der Waals surface area contributed by atoms with E-state index < -0.39 is 5.92 Å². The molecule has 8 heteroatoms. The Hall–Kier alpha value is -2.95. The molecule has 0 amide bonds. The zero-order chi connectivity index (χ0) is 23.5. The minimum Gasteiger partial charge on any atom is -0.490 e. The topological polar surface area (TPSA) is 94.6 Å². The van der Waals surface area contributed by atoms with E-state index in [1.165, 1.54) is 0 Å². The van der Waals surface area contributed by atoms with Crippen LogP contribution in [-0.4, -0.2) is 12.4 Å². The Balaban J connectivity index is 1.77. The molecular weight excluding hydrogens is 508 g/mol. The Bertz CT molecular complexity index is 1220. The van der Waals surface area contributed by atoms with Crippen LogP contribution in [0.25, 0.3) is 0 Å².